The normalized spacial score (nSPS) is 10.6. The second kappa shape index (κ2) is 9.93. The average molecular weight is 383 g/mol. The van der Waals surface area contributed by atoms with Gasteiger partial charge in [-0.15, -0.1) is 0 Å². The lowest BCUT2D eigenvalue weighted by atomic mass is 9.91. The third-order valence-electron chi connectivity index (χ3n) is 4.68. The number of amides is 2. The molecule has 0 saturated carbocycles. The Labute approximate surface area is 167 Å². The smallest absolute Gasteiger partial charge is 0.254 e. The summed E-state index contributed by atoms with van der Waals surface area (Å²) in [6, 6.07) is 11.3. The van der Waals surface area contributed by atoms with Crippen molar-refractivity contribution in [3.05, 3.63) is 64.2 Å². The molecule has 2 aromatic rings. The maximum absolute atomic E-state index is 13.3. The molecule has 2 amide bonds. The molecule has 0 aliphatic heterocycles. The van der Waals surface area contributed by atoms with Crippen molar-refractivity contribution in [1.29, 1.82) is 0 Å². The molecule has 0 unspecified atom stereocenters. The van der Waals surface area contributed by atoms with Crippen LogP contribution in [-0.2, 0) is 6.42 Å². The fourth-order valence-corrected chi connectivity index (χ4v) is 3.43. The molecule has 0 aliphatic rings. The first-order valence-electron chi connectivity index (χ1n) is 9.76. The zero-order valence-corrected chi connectivity index (χ0v) is 17.2. The van der Waals surface area contributed by atoms with Gasteiger partial charge in [-0.25, -0.2) is 0 Å². The highest BCUT2D eigenvalue weighted by Gasteiger charge is 2.22. The highest BCUT2D eigenvalue weighted by molar-refractivity contribution is 6.02. The van der Waals surface area contributed by atoms with Crippen LogP contribution in [-0.4, -0.2) is 36.9 Å². The van der Waals surface area contributed by atoms with Gasteiger partial charge in [0.25, 0.3) is 5.91 Å². The third kappa shape index (κ3) is 5.12. The number of aryl methyl sites for hydroxylation is 1. The lowest BCUT2D eigenvalue weighted by Crippen LogP contribution is -2.33. The van der Waals surface area contributed by atoms with Crippen molar-refractivity contribution < 1.29 is 14.3 Å². The Hall–Kier alpha value is -2.82. The number of benzene rings is 2. The number of nitrogens with two attached hydrogens (primary N) is 1. The summed E-state index contributed by atoms with van der Waals surface area (Å²) in [6.45, 7) is 7.36. The van der Waals surface area contributed by atoms with Crippen LogP contribution in [0.4, 0.5) is 0 Å². The van der Waals surface area contributed by atoms with Crippen LogP contribution in [0.25, 0.3) is 0 Å². The molecule has 0 spiro atoms. The van der Waals surface area contributed by atoms with Gasteiger partial charge in [-0.1, -0.05) is 26.0 Å². The first kappa shape index (κ1) is 21.5. The minimum atomic E-state index is -0.520. The van der Waals surface area contributed by atoms with Gasteiger partial charge in [0, 0.05) is 24.2 Å². The summed E-state index contributed by atoms with van der Waals surface area (Å²) in [5, 5.41) is 0. The maximum atomic E-state index is 13.3. The number of nitrogens with zero attached hydrogens (tertiary/aromatic N) is 1. The molecule has 0 atom stereocenters. The second-order valence-electron chi connectivity index (χ2n) is 7.02. The minimum absolute atomic E-state index is 0.0483. The van der Waals surface area contributed by atoms with E-state index in [2.05, 4.69) is 13.8 Å². The van der Waals surface area contributed by atoms with E-state index in [4.69, 9.17) is 10.5 Å². The predicted octanol–water partition coefficient (Wildman–Crippen LogP) is 3.96. The van der Waals surface area contributed by atoms with Crippen LogP contribution in [0.15, 0.2) is 36.4 Å². The molecule has 0 fully saturated rings. The van der Waals surface area contributed by atoms with E-state index in [1.165, 1.54) is 0 Å². The van der Waals surface area contributed by atoms with Crippen LogP contribution in [0.3, 0.4) is 0 Å². The Bertz CT molecular complexity index is 840. The summed E-state index contributed by atoms with van der Waals surface area (Å²) >= 11 is 0. The Kier molecular flexibility index (Phi) is 7.61. The van der Waals surface area contributed by atoms with E-state index < -0.39 is 5.91 Å². The summed E-state index contributed by atoms with van der Waals surface area (Å²) in [6.07, 6.45) is 2.19. The first-order valence-corrected chi connectivity index (χ1v) is 9.76. The van der Waals surface area contributed by atoms with Gasteiger partial charge in [0.15, 0.2) is 0 Å². The van der Waals surface area contributed by atoms with E-state index >= 15 is 0 Å². The molecule has 0 bridgehead atoms. The van der Waals surface area contributed by atoms with E-state index in [1.807, 2.05) is 42.2 Å². The van der Waals surface area contributed by atoms with Gasteiger partial charge in [0.05, 0.1) is 7.11 Å². The van der Waals surface area contributed by atoms with Gasteiger partial charge in [-0.2, -0.15) is 0 Å². The molecule has 0 radical (unpaired) electrons. The van der Waals surface area contributed by atoms with Gasteiger partial charge in [-0.3, -0.25) is 9.59 Å². The van der Waals surface area contributed by atoms with Crippen LogP contribution in [0.1, 0.15) is 64.1 Å². The summed E-state index contributed by atoms with van der Waals surface area (Å²) in [4.78, 5) is 27.3. The van der Waals surface area contributed by atoms with Gasteiger partial charge < -0.3 is 15.4 Å². The molecule has 28 heavy (non-hydrogen) atoms. The van der Waals surface area contributed by atoms with Gasteiger partial charge in [0.1, 0.15) is 5.75 Å². The van der Waals surface area contributed by atoms with Crippen molar-refractivity contribution in [2.45, 2.75) is 40.0 Å². The summed E-state index contributed by atoms with van der Waals surface area (Å²) in [5.41, 5.74) is 9.10. The van der Waals surface area contributed by atoms with E-state index in [1.54, 1.807) is 13.2 Å². The first-order chi connectivity index (χ1) is 13.4. The van der Waals surface area contributed by atoms with E-state index in [0.717, 1.165) is 29.7 Å². The molecule has 0 heterocycles. The number of rotatable bonds is 9. The second-order valence-corrected chi connectivity index (χ2v) is 7.02. The SMILES string of the molecule is CCCN(CCC)C(=O)c1cc(C)cc(C(N)=O)c1Cc1cccc(OC)c1. The highest BCUT2D eigenvalue weighted by Crippen LogP contribution is 2.25. The molecule has 2 aromatic carbocycles. The van der Waals surface area contributed by atoms with Crippen LogP contribution in [0.5, 0.6) is 5.75 Å². The minimum Gasteiger partial charge on any atom is -0.497 e. The number of carbonyl (C=O) groups is 2. The highest BCUT2D eigenvalue weighted by atomic mass is 16.5. The van der Waals surface area contributed by atoms with E-state index in [0.29, 0.717) is 36.2 Å². The molecular formula is C23H30N2O3. The van der Waals surface area contributed by atoms with Gasteiger partial charge >= 0.3 is 0 Å². The van der Waals surface area contributed by atoms with Crippen molar-refractivity contribution in [1.82, 2.24) is 4.90 Å². The zero-order chi connectivity index (χ0) is 20.7. The van der Waals surface area contributed by atoms with Gasteiger partial charge in [0.2, 0.25) is 5.91 Å². The monoisotopic (exact) mass is 382 g/mol. The molecule has 0 aliphatic carbocycles. The van der Waals surface area contributed by atoms with Crippen LogP contribution < -0.4 is 10.5 Å². The zero-order valence-electron chi connectivity index (χ0n) is 17.2. The molecule has 0 saturated heterocycles. The molecular weight excluding hydrogens is 352 g/mol. The number of ether oxygens (including phenoxy) is 1. The summed E-state index contributed by atoms with van der Waals surface area (Å²) in [5.74, 6) is 0.165. The molecule has 2 N–H and O–H groups in total. The number of methoxy groups -OCH3 is 1. The Morgan fingerprint density at radius 3 is 2.25 bits per heavy atom. The number of primary amides is 1. The van der Waals surface area contributed by atoms with Crippen molar-refractivity contribution >= 4 is 11.8 Å². The van der Waals surface area contributed by atoms with Crippen LogP contribution in [0.2, 0.25) is 0 Å². The van der Waals surface area contributed by atoms with Crippen molar-refractivity contribution in [2.24, 2.45) is 5.73 Å². The molecule has 5 nitrogen and oxygen atoms in total. The van der Waals surface area contributed by atoms with Crippen molar-refractivity contribution in [2.75, 3.05) is 20.2 Å². The quantitative estimate of drug-likeness (QED) is 0.713. The molecule has 0 aromatic heterocycles. The topological polar surface area (TPSA) is 72.6 Å². The maximum Gasteiger partial charge on any atom is 0.254 e. The lowest BCUT2D eigenvalue weighted by molar-refractivity contribution is 0.0754. The van der Waals surface area contributed by atoms with Gasteiger partial charge in [-0.05, 0) is 67.1 Å². The summed E-state index contributed by atoms with van der Waals surface area (Å²) < 4.78 is 5.30. The number of carbonyl (C=O) groups excluding carboxylic acids is 2. The Morgan fingerprint density at radius 2 is 1.68 bits per heavy atom. The number of hydrogen-bond acceptors (Lipinski definition) is 3. The lowest BCUT2D eigenvalue weighted by Gasteiger charge is -2.24. The van der Waals surface area contributed by atoms with Crippen LogP contribution in [0, 0.1) is 6.92 Å². The molecule has 2 rings (SSSR count). The average Bonchev–Trinajstić information content (AvgIpc) is 2.68. The van der Waals surface area contributed by atoms with Crippen molar-refractivity contribution in [3.8, 4) is 5.75 Å². The summed E-state index contributed by atoms with van der Waals surface area (Å²) in [7, 11) is 1.61. The van der Waals surface area contributed by atoms with E-state index in [9.17, 15) is 9.59 Å². The largest absolute Gasteiger partial charge is 0.497 e. The molecule has 150 valence electrons. The standard InChI is InChI=1S/C23H30N2O3/c1-5-10-25(11-6-2)23(27)21-13-16(3)12-20(22(24)26)19(21)15-17-8-7-9-18(14-17)28-4/h7-9,12-14H,5-6,10-11,15H2,1-4H3,(H2,24,26). The van der Waals surface area contributed by atoms with Crippen LogP contribution >= 0.6 is 0 Å². The van der Waals surface area contributed by atoms with Crippen molar-refractivity contribution in [3.63, 3.8) is 0 Å². The Morgan fingerprint density at radius 1 is 1.04 bits per heavy atom. The van der Waals surface area contributed by atoms with E-state index in [-0.39, 0.29) is 5.91 Å². The Balaban J connectivity index is 2.57. The molecule has 5 heteroatoms. The predicted molar refractivity (Wildman–Crippen MR) is 112 cm³/mol. The fourth-order valence-electron chi connectivity index (χ4n) is 3.43. The fraction of sp³-hybridized carbons (Fsp3) is 0.391. The number of hydrogen-bond donors (Lipinski definition) is 1. The third-order valence-corrected chi connectivity index (χ3v) is 4.68.